The van der Waals surface area contributed by atoms with Crippen molar-refractivity contribution in [1.82, 2.24) is 10.3 Å². The Labute approximate surface area is 133 Å². The van der Waals surface area contributed by atoms with Crippen LogP contribution in [0.15, 0.2) is 30.0 Å². The summed E-state index contributed by atoms with van der Waals surface area (Å²) in [5, 5.41) is 6.25. The molecule has 22 heavy (non-hydrogen) atoms. The van der Waals surface area contributed by atoms with Crippen LogP contribution in [0.2, 0.25) is 0 Å². The van der Waals surface area contributed by atoms with Crippen molar-refractivity contribution >= 4 is 11.6 Å². The molecule has 0 aliphatic heterocycles. The molecule has 0 saturated carbocycles. The molecule has 4 heteroatoms. The van der Waals surface area contributed by atoms with Gasteiger partial charge in [-0.25, -0.2) is 4.98 Å². The van der Waals surface area contributed by atoms with Crippen LogP contribution in [0.1, 0.15) is 62.4 Å². The van der Waals surface area contributed by atoms with Crippen molar-refractivity contribution in [2.75, 3.05) is 18.4 Å². The van der Waals surface area contributed by atoms with Crippen LogP contribution in [-0.4, -0.2) is 24.0 Å². The fourth-order valence-electron chi connectivity index (χ4n) is 2.60. The van der Waals surface area contributed by atoms with Crippen LogP contribution in [0.25, 0.3) is 0 Å². The van der Waals surface area contributed by atoms with E-state index in [9.17, 15) is 4.79 Å². The van der Waals surface area contributed by atoms with Crippen molar-refractivity contribution in [1.29, 1.82) is 0 Å². The second-order valence-corrected chi connectivity index (χ2v) is 5.83. The molecular weight excluding hydrogens is 274 g/mol. The average molecular weight is 301 g/mol. The fraction of sp³-hybridized carbons (Fsp3) is 0.556. The van der Waals surface area contributed by atoms with Crippen molar-refractivity contribution < 1.29 is 4.79 Å². The molecule has 0 radical (unpaired) electrons. The third-order valence-electron chi connectivity index (χ3n) is 3.97. The number of hydrogen-bond acceptors (Lipinski definition) is 3. The van der Waals surface area contributed by atoms with Crippen molar-refractivity contribution in [3.8, 4) is 0 Å². The molecule has 2 N–H and O–H groups in total. The van der Waals surface area contributed by atoms with Gasteiger partial charge in [0.05, 0.1) is 11.9 Å². The first kappa shape index (κ1) is 16.5. The average Bonchev–Trinajstić information content (AvgIpc) is 2.56. The number of nitrogens with zero attached hydrogens (tertiary/aromatic N) is 1. The number of amides is 1. The molecule has 0 fully saturated rings. The first-order chi connectivity index (χ1) is 10.8. The van der Waals surface area contributed by atoms with Crippen molar-refractivity contribution in [2.45, 2.75) is 51.9 Å². The van der Waals surface area contributed by atoms with Crippen LogP contribution < -0.4 is 10.6 Å². The molecule has 0 aromatic carbocycles. The van der Waals surface area contributed by atoms with Gasteiger partial charge in [-0.05, 0) is 50.7 Å². The van der Waals surface area contributed by atoms with E-state index in [1.165, 1.54) is 25.7 Å². The zero-order valence-electron chi connectivity index (χ0n) is 13.5. The number of hydrogen-bond donors (Lipinski definition) is 2. The number of aromatic nitrogens is 1. The topological polar surface area (TPSA) is 54.0 Å². The summed E-state index contributed by atoms with van der Waals surface area (Å²) in [6.45, 7) is 3.75. The van der Waals surface area contributed by atoms with Crippen LogP contribution in [0.3, 0.4) is 0 Å². The minimum atomic E-state index is -0.0904. The molecule has 0 spiro atoms. The van der Waals surface area contributed by atoms with Gasteiger partial charge in [-0.3, -0.25) is 4.79 Å². The molecule has 1 aromatic heterocycles. The van der Waals surface area contributed by atoms with E-state index in [1.807, 2.05) is 6.07 Å². The van der Waals surface area contributed by atoms with E-state index in [0.29, 0.717) is 12.2 Å². The highest BCUT2D eigenvalue weighted by Crippen LogP contribution is 2.20. The van der Waals surface area contributed by atoms with Crippen LogP contribution in [0, 0.1) is 0 Å². The van der Waals surface area contributed by atoms with E-state index in [0.717, 1.165) is 31.5 Å². The lowest BCUT2D eigenvalue weighted by molar-refractivity contribution is 0.0948. The molecule has 1 amide bonds. The minimum absolute atomic E-state index is 0.0904. The molecule has 2 rings (SSSR count). The van der Waals surface area contributed by atoms with E-state index in [1.54, 1.807) is 17.8 Å². The summed E-state index contributed by atoms with van der Waals surface area (Å²) in [4.78, 5) is 16.1. The number of carbonyl (C=O) groups is 1. The zero-order chi connectivity index (χ0) is 15.6. The van der Waals surface area contributed by atoms with E-state index in [4.69, 9.17) is 0 Å². The fourth-order valence-corrected chi connectivity index (χ4v) is 2.60. The number of anilines is 1. The predicted octanol–water partition coefficient (Wildman–Crippen LogP) is 3.91. The molecule has 1 heterocycles. The summed E-state index contributed by atoms with van der Waals surface area (Å²) >= 11 is 0. The Morgan fingerprint density at radius 1 is 1.27 bits per heavy atom. The lowest BCUT2D eigenvalue weighted by Gasteiger charge is -2.13. The summed E-state index contributed by atoms with van der Waals surface area (Å²) in [7, 11) is 0. The van der Waals surface area contributed by atoms with Gasteiger partial charge in [-0.1, -0.05) is 25.0 Å². The smallest absolute Gasteiger partial charge is 0.269 e. The second-order valence-electron chi connectivity index (χ2n) is 5.83. The lowest BCUT2D eigenvalue weighted by atomic mass is 9.97. The number of unbranched alkanes of at least 4 members (excludes halogenated alkanes) is 1. The monoisotopic (exact) mass is 301 g/mol. The second kappa shape index (κ2) is 9.23. The molecule has 1 aliphatic carbocycles. The van der Waals surface area contributed by atoms with Crippen LogP contribution in [-0.2, 0) is 0 Å². The number of nitrogens with one attached hydrogen (secondary N) is 2. The summed E-state index contributed by atoms with van der Waals surface area (Å²) in [5.74, 6) is -0.0904. The molecule has 0 saturated heterocycles. The zero-order valence-corrected chi connectivity index (χ0v) is 13.5. The highest BCUT2D eigenvalue weighted by atomic mass is 16.1. The largest absolute Gasteiger partial charge is 0.383 e. The number of allylic oxidation sites excluding steroid dienone is 1. The predicted molar refractivity (Wildman–Crippen MR) is 91.1 cm³/mol. The van der Waals surface area contributed by atoms with Gasteiger partial charge in [0.1, 0.15) is 5.69 Å². The maximum absolute atomic E-state index is 11.8. The molecule has 120 valence electrons. The standard InChI is InChI=1S/C18H27N3O/c1-2-3-12-20-18(22)17-10-9-16(14-21-17)19-13-11-15-7-5-4-6-8-15/h7,9-10,14,19H,2-6,8,11-13H2,1H3,(H,20,22). The van der Waals surface area contributed by atoms with Gasteiger partial charge in [0.2, 0.25) is 0 Å². The normalized spacial score (nSPS) is 14.3. The highest BCUT2D eigenvalue weighted by Gasteiger charge is 2.06. The van der Waals surface area contributed by atoms with Crippen LogP contribution in [0.4, 0.5) is 5.69 Å². The number of carbonyl (C=O) groups excluding carboxylic acids is 1. The Morgan fingerprint density at radius 3 is 2.86 bits per heavy atom. The Kier molecular flexibility index (Phi) is 6.94. The molecule has 1 aromatic rings. The van der Waals surface area contributed by atoms with Crippen LogP contribution in [0.5, 0.6) is 0 Å². The maximum atomic E-state index is 11.8. The van der Waals surface area contributed by atoms with Gasteiger partial charge in [-0.15, -0.1) is 0 Å². The lowest BCUT2D eigenvalue weighted by Crippen LogP contribution is -2.25. The molecular formula is C18H27N3O. The summed E-state index contributed by atoms with van der Waals surface area (Å²) < 4.78 is 0. The Hall–Kier alpha value is -1.84. The molecule has 4 nitrogen and oxygen atoms in total. The van der Waals surface area contributed by atoms with Gasteiger partial charge < -0.3 is 10.6 Å². The third-order valence-corrected chi connectivity index (χ3v) is 3.97. The van der Waals surface area contributed by atoms with E-state index in [2.05, 4.69) is 28.6 Å². The van der Waals surface area contributed by atoms with Crippen molar-refractivity contribution in [2.24, 2.45) is 0 Å². The number of rotatable bonds is 8. The van der Waals surface area contributed by atoms with Gasteiger partial charge in [-0.2, -0.15) is 0 Å². The minimum Gasteiger partial charge on any atom is -0.383 e. The molecule has 0 unspecified atom stereocenters. The maximum Gasteiger partial charge on any atom is 0.269 e. The SMILES string of the molecule is CCCCNC(=O)c1ccc(NCCC2=CCCCC2)cn1. The van der Waals surface area contributed by atoms with Gasteiger partial charge >= 0.3 is 0 Å². The summed E-state index contributed by atoms with van der Waals surface area (Å²) in [5.41, 5.74) is 3.02. The quantitative estimate of drug-likeness (QED) is 0.565. The van der Waals surface area contributed by atoms with Gasteiger partial charge in [0.25, 0.3) is 5.91 Å². The Bertz CT molecular complexity index is 494. The van der Waals surface area contributed by atoms with Crippen molar-refractivity contribution in [3.05, 3.63) is 35.7 Å². The molecule has 0 bridgehead atoms. The highest BCUT2D eigenvalue weighted by molar-refractivity contribution is 5.92. The van der Waals surface area contributed by atoms with Gasteiger partial charge in [0.15, 0.2) is 0 Å². The summed E-state index contributed by atoms with van der Waals surface area (Å²) in [6, 6.07) is 3.71. The summed E-state index contributed by atoms with van der Waals surface area (Å²) in [6.07, 6.45) is 12.4. The Balaban J connectivity index is 1.74. The molecule has 1 aliphatic rings. The van der Waals surface area contributed by atoms with Crippen molar-refractivity contribution in [3.63, 3.8) is 0 Å². The van der Waals surface area contributed by atoms with E-state index in [-0.39, 0.29) is 5.91 Å². The van der Waals surface area contributed by atoms with Crippen LogP contribution >= 0.6 is 0 Å². The van der Waals surface area contributed by atoms with E-state index >= 15 is 0 Å². The first-order valence-electron chi connectivity index (χ1n) is 8.45. The Morgan fingerprint density at radius 2 is 2.18 bits per heavy atom. The number of pyridine rings is 1. The van der Waals surface area contributed by atoms with E-state index < -0.39 is 0 Å². The first-order valence-corrected chi connectivity index (χ1v) is 8.45. The molecule has 0 atom stereocenters. The third kappa shape index (κ3) is 5.51. The van der Waals surface area contributed by atoms with Gasteiger partial charge in [0, 0.05) is 13.1 Å².